The van der Waals surface area contributed by atoms with E-state index in [1.54, 1.807) is 48.5 Å². The molecular formula is C23H21ClN2O5S. The summed E-state index contributed by atoms with van der Waals surface area (Å²) >= 11 is 6.07. The first-order valence-electron chi connectivity index (χ1n) is 9.92. The summed E-state index contributed by atoms with van der Waals surface area (Å²) in [7, 11) is -3.99. The van der Waals surface area contributed by atoms with Crippen LogP contribution in [0, 0.1) is 0 Å². The molecule has 1 amide bonds. The van der Waals surface area contributed by atoms with Gasteiger partial charge in [-0.2, -0.15) is 0 Å². The van der Waals surface area contributed by atoms with E-state index in [9.17, 15) is 13.2 Å². The quantitative estimate of drug-likeness (QED) is 0.569. The van der Waals surface area contributed by atoms with Crippen molar-refractivity contribution in [2.45, 2.75) is 11.0 Å². The molecule has 166 valence electrons. The number of hydrogen-bond acceptors (Lipinski definition) is 5. The van der Waals surface area contributed by atoms with Crippen LogP contribution in [0.25, 0.3) is 0 Å². The Balaban J connectivity index is 1.48. The Hall–Kier alpha value is -3.23. The van der Waals surface area contributed by atoms with Crippen LogP contribution in [-0.2, 0) is 14.8 Å². The standard InChI is InChI=1S/C23H21ClN2O5S/c24-17-7-6-8-18(13-17)26(32(28,29)20-9-2-1-3-10-20)15-23(27)25-14-19-16-30-21-11-4-5-12-22(21)31-19/h1-13,19H,14-16H2,(H,25,27)/t19-/m1/s1. The molecule has 0 saturated carbocycles. The number of nitrogens with zero attached hydrogens (tertiary/aromatic N) is 1. The van der Waals surface area contributed by atoms with Crippen molar-refractivity contribution in [3.8, 4) is 11.5 Å². The predicted octanol–water partition coefficient (Wildman–Crippen LogP) is 3.49. The van der Waals surface area contributed by atoms with Crippen molar-refractivity contribution in [1.29, 1.82) is 0 Å². The molecule has 0 spiro atoms. The van der Waals surface area contributed by atoms with Gasteiger partial charge in [0.25, 0.3) is 10.0 Å². The molecule has 0 aromatic heterocycles. The third-order valence-corrected chi connectivity index (χ3v) is 6.83. The Morgan fingerprint density at radius 2 is 1.72 bits per heavy atom. The number of ether oxygens (including phenoxy) is 2. The van der Waals surface area contributed by atoms with Gasteiger partial charge in [-0.25, -0.2) is 8.42 Å². The molecule has 32 heavy (non-hydrogen) atoms. The van der Waals surface area contributed by atoms with Crippen molar-refractivity contribution >= 4 is 33.2 Å². The highest BCUT2D eigenvalue weighted by molar-refractivity contribution is 7.92. The maximum Gasteiger partial charge on any atom is 0.264 e. The van der Waals surface area contributed by atoms with Crippen molar-refractivity contribution in [3.63, 3.8) is 0 Å². The van der Waals surface area contributed by atoms with Crippen molar-refractivity contribution in [2.75, 3.05) is 24.0 Å². The highest BCUT2D eigenvalue weighted by atomic mass is 35.5. The average Bonchev–Trinajstić information content (AvgIpc) is 2.81. The van der Waals surface area contributed by atoms with Gasteiger partial charge in [0.2, 0.25) is 5.91 Å². The fourth-order valence-corrected chi connectivity index (χ4v) is 4.86. The number of hydrogen-bond donors (Lipinski definition) is 1. The van der Waals surface area contributed by atoms with Gasteiger partial charge in [0, 0.05) is 5.02 Å². The van der Waals surface area contributed by atoms with Gasteiger partial charge in [-0.1, -0.05) is 48.0 Å². The van der Waals surface area contributed by atoms with Crippen molar-refractivity contribution in [2.24, 2.45) is 0 Å². The topological polar surface area (TPSA) is 84.9 Å². The number of amides is 1. The van der Waals surface area contributed by atoms with E-state index in [2.05, 4.69) is 5.32 Å². The van der Waals surface area contributed by atoms with E-state index in [1.807, 2.05) is 12.1 Å². The van der Waals surface area contributed by atoms with E-state index in [4.69, 9.17) is 21.1 Å². The summed E-state index contributed by atoms with van der Waals surface area (Å²) in [4.78, 5) is 12.8. The lowest BCUT2D eigenvalue weighted by atomic mass is 10.2. The number of halogens is 1. The Bertz CT molecular complexity index is 1200. The largest absolute Gasteiger partial charge is 0.486 e. The number of para-hydroxylation sites is 2. The second-order valence-electron chi connectivity index (χ2n) is 7.11. The van der Waals surface area contributed by atoms with Crippen LogP contribution in [0.4, 0.5) is 5.69 Å². The predicted molar refractivity (Wildman–Crippen MR) is 122 cm³/mol. The molecule has 3 aromatic carbocycles. The Morgan fingerprint density at radius 3 is 2.47 bits per heavy atom. The maximum absolute atomic E-state index is 13.3. The van der Waals surface area contributed by atoms with Crippen molar-refractivity contribution in [3.05, 3.63) is 83.9 Å². The molecule has 0 unspecified atom stereocenters. The van der Waals surface area contributed by atoms with E-state index in [0.717, 1.165) is 4.31 Å². The van der Waals surface area contributed by atoms with Crippen molar-refractivity contribution in [1.82, 2.24) is 5.32 Å². The monoisotopic (exact) mass is 472 g/mol. The highest BCUT2D eigenvalue weighted by Gasteiger charge is 2.28. The molecule has 9 heteroatoms. The lowest BCUT2D eigenvalue weighted by Gasteiger charge is -2.27. The van der Waals surface area contributed by atoms with E-state index in [1.165, 1.54) is 18.2 Å². The number of carbonyl (C=O) groups is 1. The second-order valence-corrected chi connectivity index (χ2v) is 9.41. The van der Waals surface area contributed by atoms with Crippen LogP contribution in [0.5, 0.6) is 11.5 Å². The minimum atomic E-state index is -3.99. The molecule has 0 bridgehead atoms. The molecule has 1 aliphatic heterocycles. The first kappa shape index (κ1) is 22.0. The fraction of sp³-hybridized carbons (Fsp3) is 0.174. The van der Waals surface area contributed by atoms with Crippen LogP contribution in [0.3, 0.4) is 0 Å². The zero-order chi connectivity index (χ0) is 22.6. The summed E-state index contributed by atoms with van der Waals surface area (Å²) in [5, 5.41) is 3.10. The number of anilines is 1. The average molecular weight is 473 g/mol. The molecule has 7 nitrogen and oxygen atoms in total. The third-order valence-electron chi connectivity index (χ3n) is 4.81. The van der Waals surface area contributed by atoms with Gasteiger partial charge in [-0.15, -0.1) is 0 Å². The zero-order valence-electron chi connectivity index (χ0n) is 17.0. The summed E-state index contributed by atoms with van der Waals surface area (Å²) in [5.41, 5.74) is 0.294. The molecule has 1 atom stereocenters. The lowest BCUT2D eigenvalue weighted by Crippen LogP contribution is -2.45. The molecule has 4 rings (SSSR count). The van der Waals surface area contributed by atoms with Crippen LogP contribution in [-0.4, -0.2) is 40.1 Å². The molecule has 1 heterocycles. The number of nitrogens with one attached hydrogen (secondary N) is 1. The van der Waals surface area contributed by atoms with E-state index < -0.39 is 22.5 Å². The molecule has 1 aliphatic rings. The van der Waals surface area contributed by atoms with Crippen molar-refractivity contribution < 1.29 is 22.7 Å². The first-order valence-corrected chi connectivity index (χ1v) is 11.7. The third kappa shape index (κ3) is 4.98. The molecule has 0 fully saturated rings. The minimum absolute atomic E-state index is 0.0772. The number of benzene rings is 3. The van der Waals surface area contributed by atoms with Gasteiger partial charge >= 0.3 is 0 Å². The summed E-state index contributed by atoms with van der Waals surface area (Å²) in [6, 6.07) is 21.6. The fourth-order valence-electron chi connectivity index (χ4n) is 3.24. The normalized spacial score (nSPS) is 15.1. The second kappa shape index (κ2) is 9.50. The van der Waals surface area contributed by atoms with Gasteiger partial charge in [0.1, 0.15) is 19.3 Å². The van der Waals surface area contributed by atoms with Crippen LogP contribution in [0.15, 0.2) is 83.8 Å². The molecule has 0 radical (unpaired) electrons. The number of carbonyl (C=O) groups excluding carboxylic acids is 1. The summed E-state index contributed by atoms with van der Waals surface area (Å²) < 4.78 is 39.1. The van der Waals surface area contributed by atoms with E-state index in [0.29, 0.717) is 22.2 Å². The van der Waals surface area contributed by atoms with Gasteiger partial charge in [0.15, 0.2) is 11.5 Å². The summed E-state index contributed by atoms with van der Waals surface area (Å²) in [5.74, 6) is 0.772. The van der Waals surface area contributed by atoms with Gasteiger partial charge in [0.05, 0.1) is 17.1 Å². The highest BCUT2D eigenvalue weighted by Crippen LogP contribution is 2.30. The van der Waals surface area contributed by atoms with Crippen LogP contribution >= 0.6 is 11.6 Å². The Labute approximate surface area is 191 Å². The van der Waals surface area contributed by atoms with Crippen LogP contribution in [0.2, 0.25) is 5.02 Å². The number of fused-ring (bicyclic) bond motifs is 1. The number of sulfonamides is 1. The maximum atomic E-state index is 13.3. The first-order chi connectivity index (χ1) is 15.4. The van der Waals surface area contributed by atoms with E-state index >= 15 is 0 Å². The SMILES string of the molecule is O=C(CN(c1cccc(Cl)c1)S(=O)(=O)c1ccccc1)NC[C@@H]1COc2ccccc2O1. The van der Waals surface area contributed by atoms with Crippen LogP contribution in [0.1, 0.15) is 0 Å². The minimum Gasteiger partial charge on any atom is -0.486 e. The summed E-state index contributed by atoms with van der Waals surface area (Å²) in [6.45, 7) is 0.0291. The molecule has 0 saturated heterocycles. The lowest BCUT2D eigenvalue weighted by molar-refractivity contribution is -0.120. The van der Waals surface area contributed by atoms with E-state index in [-0.39, 0.29) is 24.2 Å². The van der Waals surface area contributed by atoms with Gasteiger partial charge in [-0.05, 0) is 42.5 Å². The number of rotatable bonds is 7. The molecule has 3 aromatic rings. The van der Waals surface area contributed by atoms with Gasteiger partial charge in [-0.3, -0.25) is 9.10 Å². The Kier molecular flexibility index (Phi) is 6.53. The molecule has 0 aliphatic carbocycles. The van der Waals surface area contributed by atoms with Gasteiger partial charge < -0.3 is 14.8 Å². The summed E-state index contributed by atoms with van der Waals surface area (Å²) in [6.07, 6.45) is -0.390. The molecule has 1 N–H and O–H groups in total. The Morgan fingerprint density at radius 1 is 1.00 bits per heavy atom. The smallest absolute Gasteiger partial charge is 0.264 e. The molecular weight excluding hydrogens is 452 g/mol. The zero-order valence-corrected chi connectivity index (χ0v) is 18.6. The van der Waals surface area contributed by atoms with Crippen LogP contribution < -0.4 is 19.1 Å².